The maximum atomic E-state index is 13.3. The minimum absolute atomic E-state index is 0.172. The van der Waals surface area contributed by atoms with Crippen LogP contribution in [0.3, 0.4) is 0 Å². The number of halogens is 1. The second-order valence-corrected chi connectivity index (χ2v) is 4.29. The van der Waals surface area contributed by atoms with E-state index in [4.69, 9.17) is 4.42 Å². The molecule has 0 aliphatic rings. The number of pyridine rings is 1. The minimum Gasteiger partial charge on any atom is -0.467 e. The highest BCUT2D eigenvalue weighted by Gasteiger charge is 2.17. The van der Waals surface area contributed by atoms with Crippen molar-refractivity contribution in [1.29, 1.82) is 0 Å². The van der Waals surface area contributed by atoms with Gasteiger partial charge < -0.3 is 15.1 Å². The van der Waals surface area contributed by atoms with Crippen LogP contribution in [0.5, 0.6) is 0 Å². The van der Waals surface area contributed by atoms with E-state index in [9.17, 15) is 9.18 Å². The summed E-state index contributed by atoms with van der Waals surface area (Å²) in [6, 6.07) is 4.36. The molecule has 1 atom stereocenters. The monoisotopic (exact) mass is 277 g/mol. The molecule has 1 amide bonds. The third-order valence-corrected chi connectivity index (χ3v) is 2.76. The summed E-state index contributed by atoms with van der Waals surface area (Å²) in [7, 11) is 0. The maximum absolute atomic E-state index is 13.3. The fourth-order valence-corrected chi connectivity index (χ4v) is 1.80. The molecule has 0 saturated heterocycles. The first kappa shape index (κ1) is 14.0. The lowest BCUT2D eigenvalue weighted by Gasteiger charge is -2.14. The molecule has 2 aromatic rings. The molecule has 6 heteroatoms. The minimum atomic E-state index is -0.553. The van der Waals surface area contributed by atoms with Gasteiger partial charge in [-0.15, -0.1) is 0 Å². The van der Waals surface area contributed by atoms with Crippen LogP contribution in [0.15, 0.2) is 35.1 Å². The molecule has 0 fully saturated rings. The first-order valence-electron chi connectivity index (χ1n) is 6.35. The molecule has 0 bridgehead atoms. The van der Waals surface area contributed by atoms with E-state index in [0.29, 0.717) is 18.1 Å². The molecule has 0 aromatic carbocycles. The van der Waals surface area contributed by atoms with Crippen molar-refractivity contribution in [2.45, 2.75) is 19.9 Å². The molecule has 0 saturated carbocycles. The predicted octanol–water partition coefficient (Wildman–Crippen LogP) is 2.74. The zero-order valence-electron chi connectivity index (χ0n) is 11.3. The lowest BCUT2D eigenvalue weighted by molar-refractivity contribution is 0.0935. The van der Waals surface area contributed by atoms with Crippen molar-refractivity contribution in [3.8, 4) is 0 Å². The number of amides is 1. The molecule has 0 aliphatic carbocycles. The number of carbonyl (C=O) groups is 1. The Hall–Kier alpha value is -2.37. The van der Waals surface area contributed by atoms with Crippen molar-refractivity contribution in [3.05, 3.63) is 47.8 Å². The fraction of sp³-hybridized carbons (Fsp3) is 0.286. The van der Waals surface area contributed by atoms with Crippen molar-refractivity contribution in [1.82, 2.24) is 10.3 Å². The predicted molar refractivity (Wildman–Crippen MR) is 72.9 cm³/mol. The SMILES string of the molecule is CCNc1ncc(F)cc1C(=O)NC(C)c1ccco1. The molecule has 5 nitrogen and oxygen atoms in total. The topological polar surface area (TPSA) is 67.2 Å². The molecule has 2 heterocycles. The van der Waals surface area contributed by atoms with Gasteiger partial charge in [0.15, 0.2) is 0 Å². The smallest absolute Gasteiger partial charge is 0.255 e. The second kappa shape index (κ2) is 6.18. The number of hydrogen-bond acceptors (Lipinski definition) is 4. The summed E-state index contributed by atoms with van der Waals surface area (Å²) in [5.74, 6) is 0.0325. The van der Waals surface area contributed by atoms with Crippen molar-refractivity contribution >= 4 is 11.7 Å². The van der Waals surface area contributed by atoms with Crippen molar-refractivity contribution < 1.29 is 13.6 Å². The van der Waals surface area contributed by atoms with E-state index in [2.05, 4.69) is 15.6 Å². The van der Waals surface area contributed by atoms with Crippen molar-refractivity contribution in [2.24, 2.45) is 0 Å². The summed E-state index contributed by atoms with van der Waals surface area (Å²) in [5.41, 5.74) is 0.172. The number of furan rings is 1. The van der Waals surface area contributed by atoms with Gasteiger partial charge in [0.25, 0.3) is 5.91 Å². The average molecular weight is 277 g/mol. The second-order valence-electron chi connectivity index (χ2n) is 4.29. The number of nitrogens with zero attached hydrogens (tertiary/aromatic N) is 1. The van der Waals surface area contributed by atoms with Crippen molar-refractivity contribution in [2.75, 3.05) is 11.9 Å². The lowest BCUT2D eigenvalue weighted by Crippen LogP contribution is -2.27. The Kier molecular flexibility index (Phi) is 4.34. The van der Waals surface area contributed by atoms with Gasteiger partial charge in [-0.05, 0) is 32.0 Å². The van der Waals surface area contributed by atoms with Gasteiger partial charge in [-0.2, -0.15) is 0 Å². The molecule has 0 aliphatic heterocycles. The standard InChI is InChI=1S/C14H16FN3O2/c1-3-16-13-11(7-10(15)8-17-13)14(19)18-9(2)12-5-4-6-20-12/h4-9H,3H2,1-2H3,(H,16,17)(H,18,19). The van der Waals surface area contributed by atoms with E-state index in [-0.39, 0.29) is 11.6 Å². The van der Waals surface area contributed by atoms with E-state index < -0.39 is 11.7 Å². The normalized spacial score (nSPS) is 11.9. The Morgan fingerprint density at radius 3 is 3.00 bits per heavy atom. The van der Waals surface area contributed by atoms with Gasteiger partial charge >= 0.3 is 0 Å². The van der Waals surface area contributed by atoms with Gasteiger partial charge in [-0.1, -0.05) is 0 Å². The van der Waals surface area contributed by atoms with E-state index in [1.165, 1.54) is 6.26 Å². The van der Waals surface area contributed by atoms with Crippen LogP contribution < -0.4 is 10.6 Å². The van der Waals surface area contributed by atoms with Crippen LogP contribution in [0.25, 0.3) is 0 Å². The van der Waals surface area contributed by atoms with Crippen LogP contribution in [-0.2, 0) is 0 Å². The number of aromatic nitrogens is 1. The highest BCUT2D eigenvalue weighted by molar-refractivity contribution is 5.98. The summed E-state index contributed by atoms with van der Waals surface area (Å²) in [6.45, 7) is 4.25. The molecule has 2 N–H and O–H groups in total. The molecular formula is C14H16FN3O2. The largest absolute Gasteiger partial charge is 0.467 e. The van der Waals surface area contributed by atoms with Crippen LogP contribution in [0.4, 0.5) is 10.2 Å². The molecule has 0 radical (unpaired) electrons. The fourth-order valence-electron chi connectivity index (χ4n) is 1.80. The van der Waals surface area contributed by atoms with Gasteiger partial charge in [0.2, 0.25) is 0 Å². The van der Waals surface area contributed by atoms with Gasteiger partial charge in [0.1, 0.15) is 17.4 Å². The number of hydrogen-bond donors (Lipinski definition) is 2. The number of rotatable bonds is 5. The Balaban J connectivity index is 2.18. The van der Waals surface area contributed by atoms with E-state index in [1.54, 1.807) is 19.1 Å². The van der Waals surface area contributed by atoms with Crippen LogP contribution in [0, 0.1) is 5.82 Å². The molecule has 2 aromatic heterocycles. The van der Waals surface area contributed by atoms with Gasteiger partial charge in [-0.3, -0.25) is 4.79 Å². The lowest BCUT2D eigenvalue weighted by atomic mass is 10.2. The molecule has 0 spiro atoms. The Bertz CT molecular complexity index is 584. The van der Waals surface area contributed by atoms with Crippen LogP contribution in [0.2, 0.25) is 0 Å². The summed E-state index contributed by atoms with van der Waals surface area (Å²) in [4.78, 5) is 16.1. The summed E-state index contributed by atoms with van der Waals surface area (Å²) < 4.78 is 18.5. The van der Waals surface area contributed by atoms with E-state index >= 15 is 0 Å². The zero-order chi connectivity index (χ0) is 14.5. The van der Waals surface area contributed by atoms with Crippen LogP contribution >= 0.6 is 0 Å². The van der Waals surface area contributed by atoms with Gasteiger partial charge in [0, 0.05) is 6.54 Å². The molecule has 20 heavy (non-hydrogen) atoms. The van der Waals surface area contributed by atoms with E-state index in [0.717, 1.165) is 12.3 Å². The quantitative estimate of drug-likeness (QED) is 0.881. The van der Waals surface area contributed by atoms with Crippen LogP contribution in [-0.4, -0.2) is 17.4 Å². The van der Waals surface area contributed by atoms with Gasteiger partial charge in [-0.25, -0.2) is 9.37 Å². The molecule has 1 unspecified atom stereocenters. The van der Waals surface area contributed by atoms with E-state index in [1.807, 2.05) is 6.92 Å². The highest BCUT2D eigenvalue weighted by atomic mass is 19.1. The third-order valence-electron chi connectivity index (χ3n) is 2.76. The van der Waals surface area contributed by atoms with Crippen molar-refractivity contribution in [3.63, 3.8) is 0 Å². The Morgan fingerprint density at radius 2 is 2.35 bits per heavy atom. The molecule has 2 rings (SSSR count). The molecular weight excluding hydrogens is 261 g/mol. The highest BCUT2D eigenvalue weighted by Crippen LogP contribution is 2.17. The van der Waals surface area contributed by atoms with Gasteiger partial charge in [0.05, 0.1) is 24.1 Å². The maximum Gasteiger partial charge on any atom is 0.255 e. The first-order valence-corrected chi connectivity index (χ1v) is 6.35. The summed E-state index contributed by atoms with van der Waals surface area (Å²) >= 11 is 0. The summed E-state index contributed by atoms with van der Waals surface area (Å²) in [6.07, 6.45) is 2.61. The molecule has 106 valence electrons. The zero-order valence-corrected chi connectivity index (χ0v) is 11.3. The Labute approximate surface area is 116 Å². The third kappa shape index (κ3) is 3.14. The number of nitrogens with one attached hydrogen (secondary N) is 2. The summed E-state index contributed by atoms with van der Waals surface area (Å²) in [5, 5.41) is 5.68. The van der Waals surface area contributed by atoms with Crippen LogP contribution in [0.1, 0.15) is 36.0 Å². The number of carbonyl (C=O) groups excluding carboxylic acids is 1. The Morgan fingerprint density at radius 1 is 1.55 bits per heavy atom. The average Bonchev–Trinajstić information content (AvgIpc) is 2.95. The number of anilines is 1. The first-order chi connectivity index (χ1) is 9.61.